The molecule has 30 heavy (non-hydrogen) atoms. The molecule has 3 aromatic rings. The first-order valence-corrected chi connectivity index (χ1v) is 9.94. The van der Waals surface area contributed by atoms with Crippen LogP contribution in [0.15, 0.2) is 60.7 Å². The average molecular weight is 400 g/mol. The monoisotopic (exact) mass is 400 g/mol. The van der Waals surface area contributed by atoms with Crippen molar-refractivity contribution in [2.24, 2.45) is 0 Å². The Morgan fingerprint density at radius 2 is 1.67 bits per heavy atom. The molecule has 1 aliphatic heterocycles. The first kappa shape index (κ1) is 18.4. The zero-order valence-corrected chi connectivity index (χ0v) is 16.2. The highest BCUT2D eigenvalue weighted by atomic mass is 16.6. The molecule has 6 heteroatoms. The SMILES string of the molecule is O=C(O)c1ccc2c(n1)CCN(C(=O)OCC1c3ccccc3-c3ccccc31)C2. The number of fused-ring (bicyclic) bond motifs is 4. The molecule has 1 N–H and O–H groups in total. The van der Waals surface area contributed by atoms with Gasteiger partial charge in [0.15, 0.2) is 0 Å². The molecule has 0 fully saturated rings. The molecule has 0 radical (unpaired) electrons. The van der Waals surface area contributed by atoms with E-state index in [1.54, 1.807) is 11.0 Å². The van der Waals surface area contributed by atoms with Crippen molar-refractivity contribution in [3.63, 3.8) is 0 Å². The quantitative estimate of drug-likeness (QED) is 0.716. The number of aromatic carboxylic acids is 1. The van der Waals surface area contributed by atoms with Gasteiger partial charge in [-0.1, -0.05) is 54.6 Å². The van der Waals surface area contributed by atoms with Crippen LogP contribution in [0.25, 0.3) is 11.1 Å². The van der Waals surface area contributed by atoms with Crippen molar-refractivity contribution in [2.45, 2.75) is 18.9 Å². The molecule has 0 unspecified atom stereocenters. The van der Waals surface area contributed by atoms with E-state index in [9.17, 15) is 9.59 Å². The Kier molecular flexibility index (Phi) is 4.47. The molecule has 0 atom stereocenters. The van der Waals surface area contributed by atoms with Crippen molar-refractivity contribution < 1.29 is 19.4 Å². The second-order valence-electron chi connectivity index (χ2n) is 7.58. The standard InChI is InChI=1S/C24H20N2O4/c27-23(28)22-10-9-15-13-26(12-11-21(15)25-22)24(29)30-14-20-18-7-3-1-5-16(18)17-6-2-4-8-19(17)20/h1-10,20H,11-14H2,(H,27,28). The third-order valence-corrected chi connectivity index (χ3v) is 5.86. The fraction of sp³-hybridized carbons (Fsp3) is 0.208. The third kappa shape index (κ3) is 3.10. The highest BCUT2D eigenvalue weighted by molar-refractivity contribution is 5.85. The largest absolute Gasteiger partial charge is 0.477 e. The van der Waals surface area contributed by atoms with E-state index in [0.717, 1.165) is 11.3 Å². The van der Waals surface area contributed by atoms with Crippen LogP contribution in [0.1, 0.15) is 38.8 Å². The van der Waals surface area contributed by atoms with Gasteiger partial charge < -0.3 is 14.7 Å². The molecule has 150 valence electrons. The van der Waals surface area contributed by atoms with Gasteiger partial charge in [-0.15, -0.1) is 0 Å². The summed E-state index contributed by atoms with van der Waals surface area (Å²) in [6.45, 7) is 1.12. The number of ether oxygens (including phenoxy) is 1. The Balaban J connectivity index is 1.30. The van der Waals surface area contributed by atoms with Gasteiger partial charge in [-0.25, -0.2) is 14.6 Å². The summed E-state index contributed by atoms with van der Waals surface area (Å²) in [5, 5.41) is 9.09. The molecule has 2 heterocycles. The van der Waals surface area contributed by atoms with Crippen LogP contribution in [0.2, 0.25) is 0 Å². The number of amides is 1. The minimum absolute atomic E-state index is 0.0261. The zero-order chi connectivity index (χ0) is 20.7. The van der Waals surface area contributed by atoms with E-state index in [2.05, 4.69) is 29.2 Å². The van der Waals surface area contributed by atoms with Gasteiger partial charge in [-0.05, 0) is 33.9 Å². The van der Waals surface area contributed by atoms with Gasteiger partial charge in [0.25, 0.3) is 0 Å². The predicted octanol–water partition coefficient (Wildman–Crippen LogP) is 4.09. The van der Waals surface area contributed by atoms with Crippen LogP contribution >= 0.6 is 0 Å². The maximum absolute atomic E-state index is 12.8. The topological polar surface area (TPSA) is 79.7 Å². The molecule has 0 saturated carbocycles. The highest BCUT2D eigenvalue weighted by Gasteiger charge is 2.30. The van der Waals surface area contributed by atoms with E-state index in [0.29, 0.717) is 19.5 Å². The fourth-order valence-electron chi connectivity index (χ4n) is 4.38. The lowest BCUT2D eigenvalue weighted by molar-refractivity contribution is 0.0688. The van der Waals surface area contributed by atoms with Crippen molar-refractivity contribution in [1.29, 1.82) is 0 Å². The van der Waals surface area contributed by atoms with Crippen LogP contribution in [-0.2, 0) is 17.7 Å². The second kappa shape index (κ2) is 7.30. The summed E-state index contributed by atoms with van der Waals surface area (Å²) in [7, 11) is 0. The van der Waals surface area contributed by atoms with Gasteiger partial charge >= 0.3 is 12.1 Å². The first-order chi connectivity index (χ1) is 14.6. The lowest BCUT2D eigenvalue weighted by Gasteiger charge is -2.28. The summed E-state index contributed by atoms with van der Waals surface area (Å²) in [4.78, 5) is 29.7. The molecular weight excluding hydrogens is 380 g/mol. The molecule has 0 spiro atoms. The second-order valence-corrected chi connectivity index (χ2v) is 7.58. The van der Waals surface area contributed by atoms with Gasteiger partial charge in [0.1, 0.15) is 12.3 Å². The number of rotatable bonds is 3. The van der Waals surface area contributed by atoms with Gasteiger partial charge in [0, 0.05) is 24.6 Å². The molecule has 1 aliphatic carbocycles. The zero-order valence-electron chi connectivity index (χ0n) is 16.2. The Labute approximate surface area is 173 Å². The summed E-state index contributed by atoms with van der Waals surface area (Å²) < 4.78 is 5.73. The lowest BCUT2D eigenvalue weighted by Crippen LogP contribution is -2.37. The van der Waals surface area contributed by atoms with Crippen LogP contribution in [0.5, 0.6) is 0 Å². The van der Waals surface area contributed by atoms with E-state index in [4.69, 9.17) is 9.84 Å². The van der Waals surface area contributed by atoms with Crippen LogP contribution in [0, 0.1) is 0 Å². The van der Waals surface area contributed by atoms with E-state index in [-0.39, 0.29) is 24.3 Å². The summed E-state index contributed by atoms with van der Waals surface area (Å²) in [6, 6.07) is 19.7. The number of nitrogens with zero attached hydrogens (tertiary/aromatic N) is 2. The number of carboxylic acids is 1. The molecule has 6 nitrogen and oxygen atoms in total. The van der Waals surface area contributed by atoms with Gasteiger partial charge in [0.2, 0.25) is 0 Å². The van der Waals surface area contributed by atoms with Gasteiger partial charge in [-0.3, -0.25) is 0 Å². The summed E-state index contributed by atoms with van der Waals surface area (Å²) >= 11 is 0. The lowest BCUT2D eigenvalue weighted by atomic mass is 9.98. The van der Waals surface area contributed by atoms with Gasteiger partial charge in [-0.2, -0.15) is 0 Å². The number of carboxylic acid groups (broad SMARTS) is 1. The van der Waals surface area contributed by atoms with Crippen molar-refractivity contribution in [1.82, 2.24) is 9.88 Å². The van der Waals surface area contributed by atoms with Crippen molar-refractivity contribution in [2.75, 3.05) is 13.2 Å². The first-order valence-electron chi connectivity index (χ1n) is 9.94. The number of pyridine rings is 1. The molecule has 5 rings (SSSR count). The number of hydrogen-bond donors (Lipinski definition) is 1. The minimum atomic E-state index is -1.04. The van der Waals surface area contributed by atoms with Crippen molar-refractivity contribution >= 4 is 12.1 Å². The third-order valence-electron chi connectivity index (χ3n) is 5.86. The maximum atomic E-state index is 12.8. The maximum Gasteiger partial charge on any atom is 0.410 e. The average Bonchev–Trinajstić information content (AvgIpc) is 3.10. The summed E-state index contributed by atoms with van der Waals surface area (Å²) in [5.74, 6) is -1.02. The number of benzene rings is 2. The van der Waals surface area contributed by atoms with E-state index >= 15 is 0 Å². The van der Waals surface area contributed by atoms with Crippen molar-refractivity contribution in [3.05, 3.63) is 88.7 Å². The Morgan fingerprint density at radius 3 is 2.33 bits per heavy atom. The number of aromatic nitrogens is 1. The molecule has 2 aliphatic rings. The van der Waals surface area contributed by atoms with E-state index in [1.807, 2.05) is 24.3 Å². The molecule has 2 aromatic carbocycles. The van der Waals surface area contributed by atoms with Gasteiger partial charge in [0.05, 0.1) is 6.54 Å². The normalized spacial score (nSPS) is 14.6. The number of carbonyl (C=O) groups excluding carboxylic acids is 1. The molecule has 1 amide bonds. The van der Waals surface area contributed by atoms with Crippen molar-refractivity contribution in [3.8, 4) is 11.1 Å². The summed E-state index contributed by atoms with van der Waals surface area (Å²) in [5.41, 5.74) is 6.38. The van der Waals surface area contributed by atoms with Crippen LogP contribution < -0.4 is 0 Å². The molecule has 0 saturated heterocycles. The van der Waals surface area contributed by atoms with E-state index in [1.165, 1.54) is 28.3 Å². The smallest absolute Gasteiger partial charge is 0.410 e. The number of hydrogen-bond acceptors (Lipinski definition) is 4. The fourth-order valence-corrected chi connectivity index (χ4v) is 4.38. The summed E-state index contributed by atoms with van der Waals surface area (Å²) in [6.07, 6.45) is 0.158. The van der Waals surface area contributed by atoms with E-state index < -0.39 is 5.97 Å². The molecule has 1 aromatic heterocycles. The molecule has 0 bridgehead atoms. The van der Waals surface area contributed by atoms with Crippen LogP contribution in [0.3, 0.4) is 0 Å². The number of carbonyl (C=O) groups is 2. The Bertz CT molecular complexity index is 1110. The predicted molar refractivity (Wildman–Crippen MR) is 110 cm³/mol. The highest BCUT2D eigenvalue weighted by Crippen LogP contribution is 2.44. The Hall–Kier alpha value is -3.67. The van der Waals surface area contributed by atoms with Crippen LogP contribution in [0.4, 0.5) is 4.79 Å². The molecular formula is C24H20N2O4. The Morgan fingerprint density at radius 1 is 1.00 bits per heavy atom. The van der Waals surface area contributed by atoms with Crippen LogP contribution in [-0.4, -0.2) is 40.2 Å². The minimum Gasteiger partial charge on any atom is -0.477 e.